The van der Waals surface area contributed by atoms with Crippen LogP contribution < -0.4 is 5.32 Å². The molecule has 0 radical (unpaired) electrons. The molecule has 1 atom stereocenters. The molecule has 0 aliphatic carbocycles. The van der Waals surface area contributed by atoms with Gasteiger partial charge in [0.05, 0.1) is 6.04 Å². The van der Waals surface area contributed by atoms with Gasteiger partial charge in [0.1, 0.15) is 5.69 Å². The third-order valence-electron chi connectivity index (χ3n) is 2.72. The Hall–Kier alpha value is -1.81. The van der Waals surface area contributed by atoms with Crippen LogP contribution in [-0.2, 0) is 7.05 Å². The molecule has 0 aliphatic heterocycles. The highest BCUT2D eigenvalue weighted by Gasteiger charge is 2.16. The fourth-order valence-electron chi connectivity index (χ4n) is 1.73. The number of benzene rings is 1. The molecular formula is C13H14ClN3O. The molecule has 2 aromatic rings. The van der Waals surface area contributed by atoms with E-state index in [0.29, 0.717) is 11.6 Å². The molecule has 1 unspecified atom stereocenters. The Kier molecular flexibility index (Phi) is 3.99. The number of nitrogens with zero attached hydrogens (tertiary/aromatic N) is 2. The first-order valence-electron chi connectivity index (χ1n) is 5.62. The second-order valence-corrected chi connectivity index (χ2v) is 4.24. The fraction of sp³-hybridized carbons (Fsp3) is 0.231. The first-order valence-corrected chi connectivity index (χ1v) is 6.15. The van der Waals surface area contributed by atoms with Crippen LogP contribution in [-0.4, -0.2) is 21.6 Å². The third-order valence-corrected chi connectivity index (χ3v) is 3.02. The number of carbonyl (C=O) groups is 1. The summed E-state index contributed by atoms with van der Waals surface area (Å²) in [6.07, 6.45) is 1.59. The van der Waals surface area contributed by atoms with Crippen LogP contribution in [0.2, 0.25) is 0 Å². The zero-order valence-electron chi connectivity index (χ0n) is 10.0. The smallest absolute Gasteiger partial charge is 0.270 e. The van der Waals surface area contributed by atoms with Crippen molar-refractivity contribution < 1.29 is 4.79 Å². The monoisotopic (exact) mass is 263 g/mol. The highest BCUT2D eigenvalue weighted by molar-refractivity contribution is 6.18. The van der Waals surface area contributed by atoms with Crippen molar-refractivity contribution in [1.29, 1.82) is 0 Å². The molecule has 0 saturated heterocycles. The number of rotatable bonds is 4. The van der Waals surface area contributed by atoms with E-state index in [1.807, 2.05) is 30.3 Å². The predicted octanol–water partition coefficient (Wildman–Crippen LogP) is 2.13. The number of aromatic nitrogens is 2. The minimum absolute atomic E-state index is 0.176. The summed E-state index contributed by atoms with van der Waals surface area (Å²) in [4.78, 5) is 12.0. The minimum atomic E-state index is -0.199. The lowest BCUT2D eigenvalue weighted by Crippen LogP contribution is -2.31. The largest absolute Gasteiger partial charge is 0.343 e. The van der Waals surface area contributed by atoms with Crippen molar-refractivity contribution in [3.05, 3.63) is 53.9 Å². The minimum Gasteiger partial charge on any atom is -0.343 e. The second-order valence-electron chi connectivity index (χ2n) is 3.93. The summed E-state index contributed by atoms with van der Waals surface area (Å²) in [7, 11) is 1.73. The zero-order valence-corrected chi connectivity index (χ0v) is 10.8. The summed E-state index contributed by atoms with van der Waals surface area (Å²) < 4.78 is 1.53. The van der Waals surface area contributed by atoms with Crippen molar-refractivity contribution in [2.75, 3.05) is 5.88 Å². The molecular weight excluding hydrogens is 250 g/mol. The lowest BCUT2D eigenvalue weighted by molar-refractivity contribution is 0.0931. The number of hydrogen-bond donors (Lipinski definition) is 1. The van der Waals surface area contributed by atoms with Gasteiger partial charge in [-0.15, -0.1) is 11.6 Å². The predicted molar refractivity (Wildman–Crippen MR) is 70.6 cm³/mol. The van der Waals surface area contributed by atoms with Gasteiger partial charge >= 0.3 is 0 Å². The molecule has 0 saturated carbocycles. The molecule has 18 heavy (non-hydrogen) atoms. The van der Waals surface area contributed by atoms with Gasteiger partial charge in [0.2, 0.25) is 0 Å². The average Bonchev–Trinajstić information content (AvgIpc) is 2.83. The molecule has 94 valence electrons. The van der Waals surface area contributed by atoms with Gasteiger partial charge in [-0.1, -0.05) is 30.3 Å². The number of nitrogens with one attached hydrogen (secondary N) is 1. The normalized spacial score (nSPS) is 12.1. The average molecular weight is 264 g/mol. The lowest BCUT2D eigenvalue weighted by atomic mass is 10.1. The number of amides is 1. The maximum Gasteiger partial charge on any atom is 0.270 e. The molecule has 5 heteroatoms. The van der Waals surface area contributed by atoms with E-state index >= 15 is 0 Å². The van der Waals surface area contributed by atoms with E-state index in [2.05, 4.69) is 10.4 Å². The molecule has 2 rings (SSSR count). The maximum atomic E-state index is 12.0. The van der Waals surface area contributed by atoms with E-state index in [1.54, 1.807) is 19.3 Å². The molecule has 0 aliphatic rings. The summed E-state index contributed by atoms with van der Waals surface area (Å²) in [6.45, 7) is 0. The molecule has 0 fully saturated rings. The summed E-state index contributed by atoms with van der Waals surface area (Å²) in [6, 6.07) is 11.1. The van der Waals surface area contributed by atoms with Gasteiger partial charge in [0.25, 0.3) is 5.91 Å². The first kappa shape index (κ1) is 12.6. The summed E-state index contributed by atoms with van der Waals surface area (Å²) in [5.41, 5.74) is 1.50. The molecule has 1 aromatic carbocycles. The standard InChI is InChI=1S/C13H14ClN3O/c1-17-12(7-8-15-17)13(18)16-11(9-14)10-5-3-2-4-6-10/h2-8,11H,9H2,1H3,(H,16,18). The van der Waals surface area contributed by atoms with E-state index in [-0.39, 0.29) is 11.9 Å². The van der Waals surface area contributed by atoms with Crippen LogP contribution in [0.5, 0.6) is 0 Å². The number of halogens is 1. The zero-order chi connectivity index (χ0) is 13.0. The van der Waals surface area contributed by atoms with Crippen LogP contribution in [0, 0.1) is 0 Å². The Morgan fingerprint density at radius 3 is 2.67 bits per heavy atom. The number of aryl methyl sites for hydroxylation is 1. The summed E-state index contributed by atoms with van der Waals surface area (Å²) >= 11 is 5.91. The SMILES string of the molecule is Cn1nccc1C(=O)NC(CCl)c1ccccc1. The molecule has 4 nitrogen and oxygen atoms in total. The molecule has 1 N–H and O–H groups in total. The Labute approximate surface area is 111 Å². The van der Waals surface area contributed by atoms with Gasteiger partial charge in [0.15, 0.2) is 0 Å². The first-order chi connectivity index (χ1) is 8.72. The number of alkyl halides is 1. The maximum absolute atomic E-state index is 12.0. The van der Waals surface area contributed by atoms with Crippen LogP contribution in [0.3, 0.4) is 0 Å². The van der Waals surface area contributed by atoms with Crippen molar-refractivity contribution in [2.45, 2.75) is 6.04 Å². The fourth-order valence-corrected chi connectivity index (χ4v) is 1.98. The third kappa shape index (κ3) is 2.71. The quantitative estimate of drug-likeness (QED) is 0.859. The molecule has 1 heterocycles. The van der Waals surface area contributed by atoms with E-state index in [0.717, 1.165) is 5.56 Å². The van der Waals surface area contributed by atoms with Gasteiger partial charge in [-0.05, 0) is 11.6 Å². The summed E-state index contributed by atoms with van der Waals surface area (Å²) in [5, 5.41) is 6.86. The lowest BCUT2D eigenvalue weighted by Gasteiger charge is -2.16. The van der Waals surface area contributed by atoms with Crippen LogP contribution in [0.15, 0.2) is 42.6 Å². The van der Waals surface area contributed by atoms with Gasteiger partial charge < -0.3 is 5.32 Å². The van der Waals surface area contributed by atoms with E-state index in [1.165, 1.54) is 4.68 Å². The molecule has 1 aromatic heterocycles. The molecule has 1 amide bonds. The van der Waals surface area contributed by atoms with Gasteiger partial charge in [-0.25, -0.2) is 0 Å². The molecule has 0 spiro atoms. The number of carbonyl (C=O) groups excluding carboxylic acids is 1. The summed E-state index contributed by atoms with van der Waals surface area (Å²) in [5.74, 6) is 0.151. The van der Waals surface area contributed by atoms with Crippen LogP contribution in [0.25, 0.3) is 0 Å². The van der Waals surface area contributed by atoms with Gasteiger partial charge in [0, 0.05) is 19.1 Å². The van der Waals surface area contributed by atoms with E-state index < -0.39 is 0 Å². The van der Waals surface area contributed by atoms with Gasteiger partial charge in [-0.2, -0.15) is 5.10 Å². The van der Waals surface area contributed by atoms with Crippen molar-refractivity contribution >= 4 is 17.5 Å². The number of hydrogen-bond acceptors (Lipinski definition) is 2. The van der Waals surface area contributed by atoms with Crippen LogP contribution in [0.4, 0.5) is 0 Å². The Morgan fingerprint density at radius 1 is 1.39 bits per heavy atom. The highest BCUT2D eigenvalue weighted by Crippen LogP contribution is 2.14. The van der Waals surface area contributed by atoms with Crippen molar-refractivity contribution in [2.24, 2.45) is 7.05 Å². The van der Waals surface area contributed by atoms with Crippen LogP contribution in [0.1, 0.15) is 22.1 Å². The highest BCUT2D eigenvalue weighted by atomic mass is 35.5. The van der Waals surface area contributed by atoms with Crippen molar-refractivity contribution in [3.63, 3.8) is 0 Å². The van der Waals surface area contributed by atoms with E-state index in [9.17, 15) is 4.79 Å². The van der Waals surface area contributed by atoms with Crippen LogP contribution >= 0.6 is 11.6 Å². The van der Waals surface area contributed by atoms with E-state index in [4.69, 9.17) is 11.6 Å². The topological polar surface area (TPSA) is 46.9 Å². The van der Waals surface area contributed by atoms with Crippen molar-refractivity contribution in [3.8, 4) is 0 Å². The Bertz CT molecular complexity index is 524. The van der Waals surface area contributed by atoms with Crippen molar-refractivity contribution in [1.82, 2.24) is 15.1 Å². The second kappa shape index (κ2) is 5.69. The van der Waals surface area contributed by atoms with Gasteiger partial charge in [-0.3, -0.25) is 9.48 Å². The Balaban J connectivity index is 2.13. The molecule has 0 bridgehead atoms. The Morgan fingerprint density at radius 2 is 2.11 bits per heavy atom.